The minimum Gasteiger partial charge on any atom is -0.330 e. The van der Waals surface area contributed by atoms with Gasteiger partial charge in [0.25, 0.3) is 10.2 Å². The molecule has 1 heterocycles. The first-order valence-electron chi connectivity index (χ1n) is 8.02. The number of rotatable bonds is 6. The highest BCUT2D eigenvalue weighted by Gasteiger charge is 2.38. The number of hydrogen-bond acceptors (Lipinski definition) is 4. The molecule has 0 aromatic carbocycles. The van der Waals surface area contributed by atoms with Crippen molar-refractivity contribution in [2.45, 2.75) is 44.1 Å². The normalized spacial score (nSPS) is 27.3. The van der Waals surface area contributed by atoms with Gasteiger partial charge in [0.2, 0.25) is 0 Å². The lowest BCUT2D eigenvalue weighted by atomic mass is 9.97. The van der Waals surface area contributed by atoms with Gasteiger partial charge in [-0.25, -0.2) is 4.72 Å². The summed E-state index contributed by atoms with van der Waals surface area (Å²) in [5.74, 6) is 0.296. The van der Waals surface area contributed by atoms with E-state index in [0.717, 1.165) is 25.7 Å². The number of nitrogens with two attached hydrogens (primary N) is 1. The van der Waals surface area contributed by atoms with Crippen LogP contribution in [0.1, 0.15) is 38.5 Å². The fraction of sp³-hybridized carbons (Fsp3) is 1.00. The molecule has 1 saturated heterocycles. The molecule has 1 saturated carbocycles. The molecule has 0 amide bonds. The Hall–Kier alpha value is -0.210. The lowest BCUT2D eigenvalue weighted by molar-refractivity contribution is 0.160. The van der Waals surface area contributed by atoms with Gasteiger partial charge in [0, 0.05) is 25.2 Å². The third kappa shape index (κ3) is 3.96. The Bertz CT molecular complexity index is 432. The maximum Gasteiger partial charge on any atom is 0.279 e. The Labute approximate surface area is 129 Å². The summed E-state index contributed by atoms with van der Waals surface area (Å²) in [5, 5.41) is 0. The highest BCUT2D eigenvalue weighted by atomic mass is 32.2. The molecule has 1 aliphatic heterocycles. The summed E-state index contributed by atoms with van der Waals surface area (Å²) in [6.07, 6.45) is 6.42. The topological polar surface area (TPSA) is 78.7 Å². The van der Waals surface area contributed by atoms with Crippen LogP contribution in [0.4, 0.5) is 0 Å². The molecular formula is C14H30N4O2S. The SMILES string of the molecule is CN(C)C1(CNS(=O)(=O)N2CCCC(CN)C2)CCCC1. The van der Waals surface area contributed by atoms with E-state index < -0.39 is 10.2 Å². The monoisotopic (exact) mass is 318 g/mol. The predicted octanol–water partition coefficient (Wildman–Crippen LogP) is 0.366. The van der Waals surface area contributed by atoms with E-state index in [1.54, 1.807) is 4.31 Å². The van der Waals surface area contributed by atoms with Crippen LogP contribution in [0.15, 0.2) is 0 Å². The first-order chi connectivity index (χ1) is 9.89. The number of nitrogens with one attached hydrogen (secondary N) is 1. The second kappa shape index (κ2) is 6.91. The van der Waals surface area contributed by atoms with E-state index >= 15 is 0 Å². The van der Waals surface area contributed by atoms with Crippen LogP contribution in [0, 0.1) is 5.92 Å². The van der Waals surface area contributed by atoms with Crippen LogP contribution in [0.3, 0.4) is 0 Å². The van der Waals surface area contributed by atoms with E-state index in [2.05, 4.69) is 9.62 Å². The van der Waals surface area contributed by atoms with Crippen LogP contribution in [0.2, 0.25) is 0 Å². The maximum atomic E-state index is 12.5. The van der Waals surface area contributed by atoms with E-state index in [1.165, 1.54) is 12.8 Å². The minimum atomic E-state index is -3.38. The molecule has 1 atom stereocenters. The Morgan fingerprint density at radius 3 is 2.52 bits per heavy atom. The number of likely N-dealkylation sites (N-methyl/N-ethyl adjacent to an activating group) is 1. The highest BCUT2D eigenvalue weighted by molar-refractivity contribution is 7.87. The Morgan fingerprint density at radius 1 is 1.29 bits per heavy atom. The smallest absolute Gasteiger partial charge is 0.279 e. The molecule has 2 rings (SSSR count). The third-order valence-corrected chi connectivity index (χ3v) is 6.74. The van der Waals surface area contributed by atoms with Crippen molar-refractivity contribution >= 4 is 10.2 Å². The molecule has 2 aliphatic rings. The van der Waals surface area contributed by atoms with Crippen LogP contribution in [0.5, 0.6) is 0 Å². The van der Waals surface area contributed by atoms with Crippen LogP contribution >= 0.6 is 0 Å². The molecule has 124 valence electrons. The summed E-state index contributed by atoms with van der Waals surface area (Å²) in [6, 6.07) is 0. The van der Waals surface area contributed by atoms with Crippen LogP contribution in [-0.2, 0) is 10.2 Å². The van der Waals surface area contributed by atoms with Gasteiger partial charge < -0.3 is 10.6 Å². The quantitative estimate of drug-likeness (QED) is 0.741. The second-order valence-corrected chi connectivity index (χ2v) is 8.51. The Kier molecular flexibility index (Phi) is 5.65. The highest BCUT2D eigenvalue weighted by Crippen LogP contribution is 2.33. The molecule has 0 aromatic heterocycles. The van der Waals surface area contributed by atoms with Crippen molar-refractivity contribution in [1.82, 2.24) is 13.9 Å². The van der Waals surface area contributed by atoms with Crippen molar-refractivity contribution in [3.63, 3.8) is 0 Å². The van der Waals surface area contributed by atoms with E-state index in [-0.39, 0.29) is 5.54 Å². The van der Waals surface area contributed by atoms with Crippen molar-refractivity contribution in [3.05, 3.63) is 0 Å². The molecule has 2 fully saturated rings. The van der Waals surface area contributed by atoms with Crippen molar-refractivity contribution in [1.29, 1.82) is 0 Å². The number of piperidine rings is 1. The summed E-state index contributed by atoms with van der Waals surface area (Å²) >= 11 is 0. The Morgan fingerprint density at radius 2 is 1.95 bits per heavy atom. The molecule has 6 nitrogen and oxygen atoms in total. The van der Waals surface area contributed by atoms with Gasteiger partial charge in [-0.2, -0.15) is 12.7 Å². The summed E-state index contributed by atoms with van der Waals surface area (Å²) in [7, 11) is 0.709. The zero-order chi connectivity index (χ0) is 15.5. The number of hydrogen-bond donors (Lipinski definition) is 2. The van der Waals surface area contributed by atoms with Crippen molar-refractivity contribution in [3.8, 4) is 0 Å². The van der Waals surface area contributed by atoms with Crippen molar-refractivity contribution < 1.29 is 8.42 Å². The maximum absolute atomic E-state index is 12.5. The van der Waals surface area contributed by atoms with Crippen LogP contribution in [-0.4, -0.2) is 63.4 Å². The van der Waals surface area contributed by atoms with Gasteiger partial charge in [-0.05, 0) is 52.2 Å². The minimum absolute atomic E-state index is 0.0177. The zero-order valence-corrected chi connectivity index (χ0v) is 14.2. The fourth-order valence-electron chi connectivity index (χ4n) is 3.57. The van der Waals surface area contributed by atoms with Gasteiger partial charge in [0.15, 0.2) is 0 Å². The van der Waals surface area contributed by atoms with Gasteiger partial charge in [0.1, 0.15) is 0 Å². The van der Waals surface area contributed by atoms with E-state index in [9.17, 15) is 8.42 Å². The van der Waals surface area contributed by atoms with E-state index in [1.807, 2.05) is 14.1 Å². The van der Waals surface area contributed by atoms with Gasteiger partial charge in [-0.15, -0.1) is 0 Å². The second-order valence-electron chi connectivity index (χ2n) is 6.75. The molecule has 21 heavy (non-hydrogen) atoms. The van der Waals surface area contributed by atoms with E-state index in [0.29, 0.717) is 32.1 Å². The molecule has 3 N–H and O–H groups in total. The predicted molar refractivity (Wildman–Crippen MR) is 85.2 cm³/mol. The van der Waals surface area contributed by atoms with Gasteiger partial charge in [-0.1, -0.05) is 12.8 Å². The Balaban J connectivity index is 1.97. The average Bonchev–Trinajstić information content (AvgIpc) is 2.96. The third-order valence-electron chi connectivity index (χ3n) is 5.22. The van der Waals surface area contributed by atoms with Gasteiger partial charge >= 0.3 is 0 Å². The molecular weight excluding hydrogens is 288 g/mol. The largest absolute Gasteiger partial charge is 0.330 e. The zero-order valence-electron chi connectivity index (χ0n) is 13.3. The number of nitrogens with zero attached hydrogens (tertiary/aromatic N) is 2. The molecule has 0 aromatic rings. The molecule has 0 spiro atoms. The van der Waals surface area contributed by atoms with Crippen molar-refractivity contribution in [2.24, 2.45) is 11.7 Å². The first-order valence-corrected chi connectivity index (χ1v) is 9.46. The standard InChI is InChI=1S/C14H30N4O2S/c1-17(2)14(7-3-4-8-14)12-16-21(19,20)18-9-5-6-13(10-15)11-18/h13,16H,3-12,15H2,1-2H3. The average molecular weight is 318 g/mol. The van der Waals surface area contributed by atoms with Crippen LogP contribution in [0.25, 0.3) is 0 Å². The summed E-state index contributed by atoms with van der Waals surface area (Å²) < 4.78 is 29.5. The molecule has 1 unspecified atom stereocenters. The van der Waals surface area contributed by atoms with E-state index in [4.69, 9.17) is 5.73 Å². The van der Waals surface area contributed by atoms with Crippen LogP contribution < -0.4 is 10.5 Å². The lowest BCUT2D eigenvalue weighted by Crippen LogP contribution is -2.54. The molecule has 1 aliphatic carbocycles. The van der Waals surface area contributed by atoms with Gasteiger partial charge in [-0.3, -0.25) is 0 Å². The summed E-state index contributed by atoms with van der Waals surface area (Å²) in [5.41, 5.74) is 5.68. The molecule has 7 heteroatoms. The van der Waals surface area contributed by atoms with Crippen molar-refractivity contribution in [2.75, 3.05) is 40.3 Å². The molecule has 0 bridgehead atoms. The van der Waals surface area contributed by atoms with Gasteiger partial charge in [0.05, 0.1) is 0 Å². The lowest BCUT2D eigenvalue weighted by Gasteiger charge is -2.38. The molecule has 0 radical (unpaired) electrons. The first kappa shape index (κ1) is 17.1. The summed E-state index contributed by atoms with van der Waals surface area (Å²) in [6.45, 7) is 2.24. The fourth-order valence-corrected chi connectivity index (χ4v) is 4.98. The summed E-state index contributed by atoms with van der Waals surface area (Å²) in [4.78, 5) is 2.18.